The summed E-state index contributed by atoms with van der Waals surface area (Å²) in [5.41, 5.74) is 0.101. The van der Waals surface area contributed by atoms with E-state index in [1.54, 1.807) is 30.3 Å². The summed E-state index contributed by atoms with van der Waals surface area (Å²) in [5.74, 6) is 0.0120. The predicted molar refractivity (Wildman–Crippen MR) is 147 cm³/mol. The van der Waals surface area contributed by atoms with Crippen LogP contribution in [0, 0.1) is 5.82 Å². The minimum absolute atomic E-state index is 0.105. The van der Waals surface area contributed by atoms with Crippen molar-refractivity contribution in [3.8, 4) is 11.4 Å². The number of halogens is 1. The van der Waals surface area contributed by atoms with E-state index < -0.39 is 27.1 Å². The maximum absolute atomic E-state index is 14.4. The quantitative estimate of drug-likeness (QED) is 0.279. The smallest absolute Gasteiger partial charge is 0.333 e. The highest BCUT2D eigenvalue weighted by Crippen LogP contribution is 2.23. The topological polar surface area (TPSA) is 159 Å². The van der Waals surface area contributed by atoms with Crippen LogP contribution in [0.4, 0.5) is 4.39 Å². The number of unbranched alkanes of at least 4 members (excludes halogenated alkanes) is 1. The molecule has 11 nitrogen and oxygen atoms in total. The fourth-order valence-electron chi connectivity index (χ4n) is 4.45. The van der Waals surface area contributed by atoms with Crippen molar-refractivity contribution in [1.82, 2.24) is 29.1 Å². The number of primary sulfonamides is 1. The molecule has 0 bridgehead atoms. The van der Waals surface area contributed by atoms with Gasteiger partial charge in [0.05, 0.1) is 17.1 Å². The lowest BCUT2D eigenvalue weighted by molar-refractivity contribution is 0.553. The molecule has 206 valence electrons. The first-order chi connectivity index (χ1) is 19.2. The van der Waals surface area contributed by atoms with Gasteiger partial charge in [-0.3, -0.25) is 13.9 Å². The minimum atomic E-state index is -4.01. The molecule has 3 aromatic heterocycles. The average Bonchev–Trinajstić information content (AvgIpc) is 3.35. The Hall–Kier alpha value is -4.49. The Morgan fingerprint density at radius 2 is 1.75 bits per heavy atom. The van der Waals surface area contributed by atoms with Crippen molar-refractivity contribution in [1.29, 1.82) is 0 Å². The maximum atomic E-state index is 14.4. The van der Waals surface area contributed by atoms with Crippen molar-refractivity contribution in [3.05, 3.63) is 105 Å². The van der Waals surface area contributed by atoms with Crippen molar-refractivity contribution >= 4 is 21.2 Å². The van der Waals surface area contributed by atoms with Crippen LogP contribution < -0.4 is 16.4 Å². The number of nitrogens with zero attached hydrogens (tertiary/aromatic N) is 5. The second-order valence-electron chi connectivity index (χ2n) is 9.24. The number of aromatic nitrogens is 6. The Labute approximate surface area is 228 Å². The summed E-state index contributed by atoms with van der Waals surface area (Å²) in [5, 5.41) is 5.37. The van der Waals surface area contributed by atoms with Gasteiger partial charge < -0.3 is 4.98 Å². The number of hydrogen-bond donors (Lipinski definition) is 2. The van der Waals surface area contributed by atoms with Gasteiger partial charge in [-0.1, -0.05) is 43.7 Å². The van der Waals surface area contributed by atoms with Crippen LogP contribution in [0.15, 0.2) is 75.3 Å². The van der Waals surface area contributed by atoms with Gasteiger partial charge >= 0.3 is 5.69 Å². The zero-order chi connectivity index (χ0) is 28.4. The minimum Gasteiger partial charge on any atom is -0.336 e. The molecular weight excluding hydrogens is 537 g/mol. The van der Waals surface area contributed by atoms with Crippen LogP contribution in [0.2, 0.25) is 0 Å². The third-order valence-electron chi connectivity index (χ3n) is 6.43. The normalized spacial score (nSPS) is 11.8. The Kier molecular flexibility index (Phi) is 7.41. The van der Waals surface area contributed by atoms with Crippen LogP contribution in [-0.4, -0.2) is 37.5 Å². The molecule has 0 aliphatic heterocycles. The molecule has 0 spiro atoms. The van der Waals surface area contributed by atoms with E-state index in [1.165, 1.54) is 35.0 Å². The zero-order valence-corrected chi connectivity index (χ0v) is 22.4. The van der Waals surface area contributed by atoms with E-state index in [2.05, 4.69) is 19.9 Å². The van der Waals surface area contributed by atoms with Crippen LogP contribution in [0.3, 0.4) is 0 Å². The molecule has 0 saturated heterocycles. The van der Waals surface area contributed by atoms with Gasteiger partial charge in [-0.15, -0.1) is 0 Å². The molecule has 0 saturated carbocycles. The number of hydrogen-bond acceptors (Lipinski definition) is 7. The molecule has 0 fully saturated rings. The van der Waals surface area contributed by atoms with Crippen LogP contribution in [0.5, 0.6) is 0 Å². The molecule has 0 aliphatic rings. The van der Waals surface area contributed by atoms with Crippen LogP contribution in [-0.2, 0) is 29.5 Å². The number of sulfonamides is 1. The lowest BCUT2D eigenvalue weighted by Crippen LogP contribution is -2.40. The highest BCUT2D eigenvalue weighted by atomic mass is 32.2. The summed E-state index contributed by atoms with van der Waals surface area (Å²) in [6, 6.07) is 13.8. The standard InChI is InChI=1S/C27H26FN7O4S/c1-2-3-14-34-25-23(26(36)35(27(34)37)16-17-8-4-6-10-20(17)28)32-22(33-25)15-18-12-13-30-24(31-18)19-9-5-7-11-21(19)40(29,38)39/h4-13H,2-3,14-16H2,1H3,(H,32,33)(H2,29,38,39). The first kappa shape index (κ1) is 27.1. The Morgan fingerprint density at radius 1 is 1.00 bits per heavy atom. The molecule has 0 radical (unpaired) electrons. The van der Waals surface area contributed by atoms with E-state index >= 15 is 0 Å². The Bertz CT molecular complexity index is 1950. The number of benzene rings is 2. The summed E-state index contributed by atoms with van der Waals surface area (Å²) in [6.07, 6.45) is 3.10. The molecule has 5 aromatic rings. The monoisotopic (exact) mass is 563 g/mol. The summed E-state index contributed by atoms with van der Waals surface area (Å²) >= 11 is 0. The number of aromatic amines is 1. The third kappa shape index (κ3) is 5.33. The number of aryl methyl sites for hydroxylation is 1. The number of rotatable bonds is 9. The summed E-state index contributed by atoms with van der Waals surface area (Å²) < 4.78 is 40.9. The number of nitrogens with two attached hydrogens (primary N) is 1. The van der Waals surface area contributed by atoms with Gasteiger partial charge in [0.1, 0.15) is 17.2 Å². The fourth-order valence-corrected chi connectivity index (χ4v) is 5.18. The molecule has 13 heteroatoms. The van der Waals surface area contributed by atoms with Gasteiger partial charge in [0.25, 0.3) is 5.56 Å². The highest BCUT2D eigenvalue weighted by molar-refractivity contribution is 7.89. The molecule has 40 heavy (non-hydrogen) atoms. The highest BCUT2D eigenvalue weighted by Gasteiger charge is 2.20. The van der Waals surface area contributed by atoms with Gasteiger partial charge in [0, 0.05) is 30.3 Å². The number of H-pyrrole nitrogens is 1. The SMILES string of the molecule is CCCCn1c(=O)n(Cc2ccccc2F)c(=O)c2[nH]c(Cc3ccnc(-c4ccccc4S(N)(=O)=O)n3)nc21. The van der Waals surface area contributed by atoms with E-state index in [9.17, 15) is 22.4 Å². The van der Waals surface area contributed by atoms with Gasteiger partial charge in [-0.2, -0.15) is 0 Å². The second-order valence-corrected chi connectivity index (χ2v) is 10.8. The average molecular weight is 564 g/mol. The second kappa shape index (κ2) is 10.9. The molecule has 3 N–H and O–H groups in total. The van der Waals surface area contributed by atoms with Crippen LogP contribution in [0.25, 0.3) is 22.6 Å². The largest absolute Gasteiger partial charge is 0.336 e. The Morgan fingerprint density at radius 3 is 2.50 bits per heavy atom. The summed E-state index contributed by atoms with van der Waals surface area (Å²) in [7, 11) is -4.01. The lowest BCUT2D eigenvalue weighted by Gasteiger charge is -2.11. The Balaban J connectivity index is 1.57. The first-order valence-corrected chi connectivity index (χ1v) is 14.1. The molecule has 5 rings (SSSR count). The van der Waals surface area contributed by atoms with Crippen molar-refractivity contribution < 1.29 is 12.8 Å². The third-order valence-corrected chi connectivity index (χ3v) is 7.40. The summed E-state index contributed by atoms with van der Waals surface area (Å²) in [4.78, 5) is 42.9. The number of imidazole rings is 1. The zero-order valence-electron chi connectivity index (χ0n) is 21.5. The van der Waals surface area contributed by atoms with E-state index in [-0.39, 0.29) is 46.0 Å². The molecular formula is C27H26FN7O4S. The summed E-state index contributed by atoms with van der Waals surface area (Å²) in [6.45, 7) is 2.09. The van der Waals surface area contributed by atoms with Gasteiger partial charge in [0.2, 0.25) is 10.0 Å². The van der Waals surface area contributed by atoms with Gasteiger partial charge in [-0.05, 0) is 30.7 Å². The van der Waals surface area contributed by atoms with Crippen molar-refractivity contribution in [2.24, 2.45) is 5.14 Å². The predicted octanol–water partition coefficient (Wildman–Crippen LogP) is 2.57. The number of nitrogens with one attached hydrogen (secondary N) is 1. The van der Waals surface area contributed by atoms with Gasteiger partial charge in [0.15, 0.2) is 11.5 Å². The lowest BCUT2D eigenvalue weighted by atomic mass is 10.2. The molecule has 0 aliphatic carbocycles. The molecule has 3 heterocycles. The van der Waals surface area contributed by atoms with Crippen molar-refractivity contribution in [3.63, 3.8) is 0 Å². The van der Waals surface area contributed by atoms with E-state index in [4.69, 9.17) is 5.14 Å². The molecule has 0 unspecified atom stereocenters. The molecule has 2 aromatic carbocycles. The molecule has 0 atom stereocenters. The molecule has 0 amide bonds. The van der Waals surface area contributed by atoms with Gasteiger partial charge in [-0.25, -0.2) is 37.7 Å². The first-order valence-electron chi connectivity index (χ1n) is 12.6. The van der Waals surface area contributed by atoms with Crippen molar-refractivity contribution in [2.75, 3.05) is 0 Å². The van der Waals surface area contributed by atoms with E-state index in [0.29, 0.717) is 24.5 Å². The van der Waals surface area contributed by atoms with Crippen LogP contribution in [0.1, 0.15) is 36.8 Å². The fraction of sp³-hybridized carbons (Fsp3) is 0.222. The van der Waals surface area contributed by atoms with E-state index in [0.717, 1.165) is 11.0 Å². The number of fused-ring (bicyclic) bond motifs is 1. The van der Waals surface area contributed by atoms with Crippen LogP contribution >= 0.6 is 0 Å². The maximum Gasteiger partial charge on any atom is 0.333 e. The van der Waals surface area contributed by atoms with E-state index in [1.807, 2.05) is 6.92 Å². The van der Waals surface area contributed by atoms with Crippen molar-refractivity contribution in [2.45, 2.75) is 44.2 Å².